The Balaban J connectivity index is 0.00000169. The first-order valence-electron chi connectivity index (χ1n) is 3.47. The Hall–Kier alpha value is -0.592. The molecule has 0 fully saturated rings. The van der Waals surface area contributed by atoms with Crippen molar-refractivity contribution in [2.75, 3.05) is 7.11 Å². The van der Waals surface area contributed by atoms with Crippen molar-refractivity contribution in [1.82, 2.24) is 0 Å². The van der Waals surface area contributed by atoms with E-state index in [-0.39, 0.29) is 32.6 Å². The number of rotatable bonds is 2. The van der Waals surface area contributed by atoms with E-state index in [1.165, 1.54) is 25.3 Å². The smallest absolute Gasteiger partial charge is 0.340 e. The van der Waals surface area contributed by atoms with Gasteiger partial charge in [-0.3, -0.25) is 0 Å². The number of phenols is 1. The summed E-state index contributed by atoms with van der Waals surface area (Å²) in [4.78, 5) is 11.0. The molecule has 0 aromatic heterocycles. The van der Waals surface area contributed by atoms with E-state index in [1.807, 2.05) is 9.47 Å². The Bertz CT molecular complexity index is 329. The van der Waals surface area contributed by atoms with Crippen LogP contribution in [0.3, 0.4) is 0 Å². The molecule has 76 valence electrons. The third-order valence-electron chi connectivity index (χ3n) is 1.52. The van der Waals surface area contributed by atoms with Crippen LogP contribution in [-0.4, -0.2) is 18.2 Å². The van der Waals surface area contributed by atoms with Crippen LogP contribution in [0.25, 0.3) is 0 Å². The monoisotopic (exact) mass is 384 g/mol. The van der Waals surface area contributed by atoms with Gasteiger partial charge in [0.05, 0.1) is 22.1 Å². The van der Waals surface area contributed by atoms with Gasteiger partial charge in [-0.2, -0.15) is 0 Å². The van der Waals surface area contributed by atoms with Gasteiger partial charge < -0.3 is 14.4 Å². The summed E-state index contributed by atoms with van der Waals surface area (Å²) < 4.78 is 9.23. The maximum absolute atomic E-state index is 11.0. The van der Waals surface area contributed by atoms with Crippen molar-refractivity contribution < 1.29 is 40.2 Å². The zero-order valence-corrected chi connectivity index (χ0v) is 11.5. The van der Waals surface area contributed by atoms with Crippen LogP contribution in [0.4, 0.5) is 0 Å². The zero-order chi connectivity index (χ0) is 9.84. The number of hydrogen-bond donors (Lipinski definition) is 1. The van der Waals surface area contributed by atoms with E-state index in [0.717, 1.165) is 0 Å². The molecular formula is C8H9O4PW. The second kappa shape index (κ2) is 6.00. The average Bonchev–Trinajstić information content (AvgIpc) is 2.17. The fraction of sp³-hybridized carbons (Fsp3) is 0.125. The van der Waals surface area contributed by atoms with Gasteiger partial charge in [0.25, 0.3) is 0 Å². The molecule has 1 rings (SSSR count). The predicted molar refractivity (Wildman–Crippen MR) is 49.8 cm³/mol. The number of hydrogen-bond acceptors (Lipinski definition) is 4. The molecule has 0 saturated heterocycles. The summed E-state index contributed by atoms with van der Waals surface area (Å²) in [6.45, 7) is 0. The van der Waals surface area contributed by atoms with Gasteiger partial charge in [0.15, 0.2) is 11.5 Å². The zero-order valence-electron chi connectivity index (χ0n) is 7.39. The second-order valence-corrected chi connectivity index (χ2v) is 2.53. The Morgan fingerprint density at radius 1 is 1.50 bits per heavy atom. The van der Waals surface area contributed by atoms with E-state index >= 15 is 0 Å². The van der Waals surface area contributed by atoms with E-state index in [4.69, 9.17) is 4.74 Å². The van der Waals surface area contributed by atoms with Crippen molar-refractivity contribution in [1.29, 1.82) is 0 Å². The van der Waals surface area contributed by atoms with Gasteiger partial charge in [-0.25, -0.2) is 4.79 Å². The molecule has 1 aromatic carbocycles. The first-order valence-corrected chi connectivity index (χ1v) is 3.94. The number of methoxy groups -OCH3 is 1. The molecule has 0 radical (unpaired) electrons. The van der Waals surface area contributed by atoms with Crippen molar-refractivity contribution in [2.24, 2.45) is 0 Å². The van der Waals surface area contributed by atoms with Gasteiger partial charge in [-0.1, -0.05) is 0 Å². The van der Waals surface area contributed by atoms with E-state index in [9.17, 15) is 9.90 Å². The van der Waals surface area contributed by atoms with Gasteiger partial charge in [0.2, 0.25) is 0 Å². The van der Waals surface area contributed by atoms with E-state index in [2.05, 4.69) is 4.52 Å². The van der Waals surface area contributed by atoms with Crippen molar-refractivity contribution in [3.63, 3.8) is 0 Å². The van der Waals surface area contributed by atoms with Crippen LogP contribution in [0.2, 0.25) is 0 Å². The van der Waals surface area contributed by atoms with Gasteiger partial charge in [0.1, 0.15) is 0 Å². The molecule has 0 aliphatic rings. The first kappa shape index (κ1) is 13.4. The molecule has 4 nitrogen and oxygen atoms in total. The van der Waals surface area contributed by atoms with Crippen LogP contribution in [-0.2, 0) is 25.6 Å². The summed E-state index contributed by atoms with van der Waals surface area (Å²) in [7, 11) is 3.27. The van der Waals surface area contributed by atoms with Crippen LogP contribution in [0.1, 0.15) is 10.4 Å². The largest absolute Gasteiger partial charge is 0.504 e. The van der Waals surface area contributed by atoms with Crippen LogP contribution >= 0.6 is 9.47 Å². The first-order chi connectivity index (χ1) is 6.19. The second-order valence-electron chi connectivity index (χ2n) is 2.29. The molecule has 0 saturated carbocycles. The Morgan fingerprint density at radius 3 is 2.64 bits per heavy atom. The molecule has 1 aromatic rings. The van der Waals surface area contributed by atoms with Gasteiger partial charge in [-0.05, 0) is 18.2 Å². The summed E-state index contributed by atoms with van der Waals surface area (Å²) in [6, 6.07) is 4.22. The molecule has 1 atom stereocenters. The molecule has 0 spiro atoms. The Labute approximate surface area is 98.1 Å². The molecule has 1 unspecified atom stereocenters. The molecule has 0 amide bonds. The molecule has 14 heavy (non-hydrogen) atoms. The van der Waals surface area contributed by atoms with E-state index in [1.54, 1.807) is 0 Å². The standard InChI is InChI=1S/C8H9O4P.W/c1-11-7-4-5(8(10)12-13)2-3-6(7)9;/h2-4,9H,13H2,1H3;. The SMILES string of the molecule is COc1cc(C(=O)OP)ccc1O.[W]. The third-order valence-corrected chi connectivity index (χ3v) is 1.74. The summed E-state index contributed by atoms with van der Waals surface area (Å²) in [5, 5.41) is 9.21. The molecule has 0 aliphatic carbocycles. The fourth-order valence-corrected chi connectivity index (χ4v) is 1.01. The normalized spacial score (nSPS) is 8.71. The average molecular weight is 384 g/mol. The predicted octanol–water partition coefficient (Wildman–Crippen LogP) is 1.35. The topological polar surface area (TPSA) is 55.8 Å². The maximum Gasteiger partial charge on any atom is 0.340 e. The maximum atomic E-state index is 11.0. The molecular weight excluding hydrogens is 375 g/mol. The minimum Gasteiger partial charge on any atom is -0.504 e. The molecule has 0 heterocycles. The Kier molecular flexibility index (Phi) is 5.74. The summed E-state index contributed by atoms with van der Waals surface area (Å²) in [5.41, 5.74) is 0.324. The van der Waals surface area contributed by atoms with Crippen LogP contribution in [0.15, 0.2) is 18.2 Å². The van der Waals surface area contributed by atoms with Crippen molar-refractivity contribution >= 4 is 15.4 Å². The number of ether oxygens (including phenoxy) is 1. The summed E-state index contributed by atoms with van der Waals surface area (Å²) in [6.07, 6.45) is 0. The summed E-state index contributed by atoms with van der Waals surface area (Å²) >= 11 is 0. The summed E-state index contributed by atoms with van der Waals surface area (Å²) in [5.74, 6) is -0.265. The number of benzene rings is 1. The minimum atomic E-state index is -0.497. The Morgan fingerprint density at radius 2 is 2.14 bits per heavy atom. The van der Waals surface area contributed by atoms with Crippen LogP contribution in [0, 0.1) is 0 Å². The van der Waals surface area contributed by atoms with Crippen molar-refractivity contribution in [3.05, 3.63) is 23.8 Å². The minimum absolute atomic E-state index is 0. The molecule has 6 heteroatoms. The van der Waals surface area contributed by atoms with Crippen molar-refractivity contribution in [3.8, 4) is 11.5 Å². The van der Waals surface area contributed by atoms with Crippen LogP contribution in [0.5, 0.6) is 11.5 Å². The molecule has 0 bridgehead atoms. The number of aromatic hydroxyl groups is 1. The number of phenolic OH excluding ortho intramolecular Hbond substituents is 1. The van der Waals surface area contributed by atoms with E-state index < -0.39 is 5.97 Å². The molecule has 1 N–H and O–H groups in total. The van der Waals surface area contributed by atoms with Gasteiger partial charge >= 0.3 is 5.97 Å². The fourth-order valence-electron chi connectivity index (χ4n) is 0.873. The van der Waals surface area contributed by atoms with E-state index in [0.29, 0.717) is 5.56 Å². The molecule has 0 aliphatic heterocycles. The number of carbonyl (C=O) groups excluding carboxylic acids is 1. The van der Waals surface area contributed by atoms with Crippen LogP contribution < -0.4 is 4.74 Å². The van der Waals surface area contributed by atoms with Crippen molar-refractivity contribution in [2.45, 2.75) is 0 Å². The third kappa shape index (κ3) is 2.97. The quantitative estimate of drug-likeness (QED) is 0.783. The number of carbonyl (C=O) groups is 1. The van der Waals surface area contributed by atoms with Gasteiger partial charge in [-0.15, -0.1) is 0 Å². The van der Waals surface area contributed by atoms with Gasteiger partial charge in [0, 0.05) is 21.1 Å².